The molecule has 56 heavy (non-hydrogen) atoms. The molecular formula is C46H80NO8P. The SMILES string of the molecule is C/C=C\C/C=C\C/C=C\C/C=C\C/C=C\C/C=C\CCCC(=O)O[C@H](COC(=O)CCCCCCCCCCCCCCC)COP(=O)([O-])OCC[N+](C)(C)C. The van der Waals surface area contributed by atoms with Crippen molar-refractivity contribution in [3.05, 3.63) is 72.9 Å². The van der Waals surface area contributed by atoms with Gasteiger partial charge >= 0.3 is 11.9 Å². The van der Waals surface area contributed by atoms with Crippen molar-refractivity contribution >= 4 is 19.8 Å². The number of carbonyl (C=O) groups is 2. The van der Waals surface area contributed by atoms with Crippen molar-refractivity contribution in [1.29, 1.82) is 0 Å². The first kappa shape index (κ1) is 53.5. The minimum Gasteiger partial charge on any atom is -0.756 e. The number of phosphoric ester groups is 1. The van der Waals surface area contributed by atoms with Gasteiger partial charge in [-0.2, -0.15) is 0 Å². The molecule has 0 rings (SSSR count). The number of esters is 2. The molecule has 9 nitrogen and oxygen atoms in total. The topological polar surface area (TPSA) is 111 Å². The molecule has 0 aromatic carbocycles. The van der Waals surface area contributed by atoms with Crippen molar-refractivity contribution in [3.8, 4) is 0 Å². The van der Waals surface area contributed by atoms with Crippen molar-refractivity contribution in [2.45, 2.75) is 161 Å². The Hall–Kier alpha value is -2.55. The molecule has 0 bridgehead atoms. The largest absolute Gasteiger partial charge is 0.756 e. The van der Waals surface area contributed by atoms with Gasteiger partial charge in [0.2, 0.25) is 0 Å². The van der Waals surface area contributed by atoms with Crippen molar-refractivity contribution in [2.24, 2.45) is 0 Å². The fourth-order valence-corrected chi connectivity index (χ4v) is 6.15. The van der Waals surface area contributed by atoms with E-state index < -0.39 is 32.5 Å². The van der Waals surface area contributed by atoms with E-state index in [4.69, 9.17) is 18.5 Å². The van der Waals surface area contributed by atoms with E-state index in [-0.39, 0.29) is 26.1 Å². The first-order chi connectivity index (χ1) is 27.0. The number of phosphoric acid groups is 1. The molecule has 0 aliphatic heterocycles. The van der Waals surface area contributed by atoms with Gasteiger partial charge < -0.3 is 27.9 Å². The van der Waals surface area contributed by atoms with E-state index in [0.29, 0.717) is 23.9 Å². The Bertz CT molecular complexity index is 1180. The summed E-state index contributed by atoms with van der Waals surface area (Å²) >= 11 is 0. The fourth-order valence-electron chi connectivity index (χ4n) is 5.42. The molecule has 1 unspecified atom stereocenters. The highest BCUT2D eigenvalue weighted by atomic mass is 31.2. The van der Waals surface area contributed by atoms with Gasteiger partial charge in [0.05, 0.1) is 27.7 Å². The molecule has 0 aromatic heterocycles. The van der Waals surface area contributed by atoms with Gasteiger partial charge in [-0.1, -0.05) is 157 Å². The van der Waals surface area contributed by atoms with E-state index in [1.54, 1.807) is 0 Å². The normalized spacial score (nSPS) is 14.3. The van der Waals surface area contributed by atoms with Gasteiger partial charge in [-0.25, -0.2) is 0 Å². The van der Waals surface area contributed by atoms with Gasteiger partial charge in [-0.3, -0.25) is 14.2 Å². The first-order valence-electron chi connectivity index (χ1n) is 21.6. The summed E-state index contributed by atoms with van der Waals surface area (Å²) in [4.78, 5) is 37.5. The van der Waals surface area contributed by atoms with Crippen molar-refractivity contribution in [3.63, 3.8) is 0 Å². The van der Waals surface area contributed by atoms with Crippen LogP contribution in [0.4, 0.5) is 0 Å². The molecule has 0 spiro atoms. The van der Waals surface area contributed by atoms with E-state index in [9.17, 15) is 19.0 Å². The average Bonchev–Trinajstić information content (AvgIpc) is 3.15. The fraction of sp³-hybridized carbons (Fsp3) is 0.696. The lowest BCUT2D eigenvalue weighted by Gasteiger charge is -2.28. The zero-order valence-electron chi connectivity index (χ0n) is 36.1. The summed E-state index contributed by atoms with van der Waals surface area (Å²) in [6, 6.07) is 0. The second kappa shape index (κ2) is 38.0. The predicted octanol–water partition coefficient (Wildman–Crippen LogP) is 11.6. The third-order valence-electron chi connectivity index (χ3n) is 8.82. The van der Waals surface area contributed by atoms with Crippen LogP contribution in [0.15, 0.2) is 72.9 Å². The summed E-state index contributed by atoms with van der Waals surface area (Å²) in [5.74, 6) is -0.908. The average molecular weight is 806 g/mol. The Labute approximate surface area is 342 Å². The van der Waals surface area contributed by atoms with Crippen molar-refractivity contribution in [2.75, 3.05) is 47.5 Å². The number of likely N-dealkylation sites (N-methyl/N-ethyl adjacent to an activating group) is 1. The Kier molecular flexibility index (Phi) is 36.3. The maximum atomic E-state index is 12.6. The number of quaternary nitrogens is 1. The van der Waals surface area contributed by atoms with Crippen LogP contribution in [0.2, 0.25) is 0 Å². The van der Waals surface area contributed by atoms with Gasteiger partial charge in [0.1, 0.15) is 19.8 Å². The number of ether oxygens (including phenoxy) is 2. The molecule has 2 atom stereocenters. The van der Waals surface area contributed by atoms with Gasteiger partial charge in [-0.15, -0.1) is 0 Å². The lowest BCUT2D eigenvalue weighted by Crippen LogP contribution is -2.37. The summed E-state index contributed by atoms with van der Waals surface area (Å²) in [6.45, 7) is 3.92. The molecule has 322 valence electrons. The smallest absolute Gasteiger partial charge is 0.306 e. The second-order valence-corrected chi connectivity index (χ2v) is 16.8. The van der Waals surface area contributed by atoms with Crippen molar-refractivity contribution in [1.82, 2.24) is 0 Å². The molecule has 0 N–H and O–H groups in total. The third-order valence-corrected chi connectivity index (χ3v) is 9.79. The summed E-state index contributed by atoms with van der Waals surface area (Å²) in [7, 11) is 1.12. The Morgan fingerprint density at radius 3 is 1.52 bits per heavy atom. The molecule has 0 aliphatic rings. The lowest BCUT2D eigenvalue weighted by atomic mass is 10.0. The molecule has 10 heteroatoms. The summed E-state index contributed by atoms with van der Waals surface area (Å²) < 4.78 is 33.8. The summed E-state index contributed by atoms with van der Waals surface area (Å²) in [6.07, 6.45) is 46.6. The number of unbranched alkanes of at least 4 members (excludes halogenated alkanes) is 13. The highest BCUT2D eigenvalue weighted by molar-refractivity contribution is 7.45. The Morgan fingerprint density at radius 2 is 1.04 bits per heavy atom. The zero-order chi connectivity index (χ0) is 41.4. The third kappa shape index (κ3) is 41.1. The quantitative estimate of drug-likeness (QED) is 0.0199. The van der Waals surface area contributed by atoms with Crippen LogP contribution in [0, 0.1) is 0 Å². The van der Waals surface area contributed by atoms with Crippen LogP contribution in [0.25, 0.3) is 0 Å². The molecule has 0 fully saturated rings. The number of rotatable bonds is 38. The predicted molar refractivity (Wildman–Crippen MR) is 231 cm³/mol. The number of hydrogen-bond acceptors (Lipinski definition) is 8. The summed E-state index contributed by atoms with van der Waals surface area (Å²) in [5.41, 5.74) is 0. The van der Waals surface area contributed by atoms with E-state index in [1.807, 2.05) is 34.1 Å². The molecule has 0 heterocycles. The van der Waals surface area contributed by atoms with Crippen LogP contribution in [0.5, 0.6) is 0 Å². The zero-order valence-corrected chi connectivity index (χ0v) is 36.9. The monoisotopic (exact) mass is 806 g/mol. The van der Waals surface area contributed by atoms with E-state index in [2.05, 4.69) is 73.8 Å². The molecule has 0 radical (unpaired) electrons. The standard InChI is InChI=1S/C46H80NO8P/c1-6-8-10-12-14-16-18-20-21-22-23-24-25-27-29-31-33-35-37-39-46(49)55-44(43-54-56(50,51)53-41-40-47(3,4)5)42-52-45(48)38-36-34-32-30-28-26-19-17-15-13-11-9-7-2/h6,8,12,14,18,20,22-23,25,27,31,33,44H,7,9-11,13,15-17,19,21,24,26,28-30,32,34-43H2,1-5H3/b8-6-,14-12-,20-18-,23-22-,27-25-,33-31-/t44-/m1/s1. The molecule has 0 saturated heterocycles. The van der Waals surface area contributed by atoms with Crippen LogP contribution in [-0.2, 0) is 32.7 Å². The maximum Gasteiger partial charge on any atom is 0.306 e. The maximum absolute atomic E-state index is 12.6. The minimum atomic E-state index is -4.64. The molecular weight excluding hydrogens is 725 g/mol. The van der Waals surface area contributed by atoms with Crippen molar-refractivity contribution < 1.29 is 42.1 Å². The number of nitrogens with zero attached hydrogens (tertiary/aromatic N) is 1. The van der Waals surface area contributed by atoms with Crippen LogP contribution in [0.3, 0.4) is 0 Å². The van der Waals surface area contributed by atoms with Crippen LogP contribution >= 0.6 is 7.82 Å². The Morgan fingerprint density at radius 1 is 0.589 bits per heavy atom. The van der Waals surface area contributed by atoms with Crippen LogP contribution in [0.1, 0.15) is 155 Å². The van der Waals surface area contributed by atoms with Gasteiger partial charge in [-0.05, 0) is 58.3 Å². The Balaban J connectivity index is 4.49. The number of carbonyl (C=O) groups excluding carboxylic acids is 2. The molecule has 0 saturated carbocycles. The van der Waals surface area contributed by atoms with Crippen LogP contribution < -0.4 is 4.89 Å². The molecule has 0 amide bonds. The van der Waals surface area contributed by atoms with Gasteiger partial charge in [0, 0.05) is 12.8 Å². The highest BCUT2D eigenvalue weighted by Crippen LogP contribution is 2.38. The second-order valence-electron chi connectivity index (χ2n) is 15.4. The molecule has 0 aliphatic carbocycles. The van der Waals surface area contributed by atoms with E-state index in [1.165, 1.54) is 64.2 Å². The number of hydrogen-bond donors (Lipinski definition) is 0. The van der Waals surface area contributed by atoms with Gasteiger partial charge in [0.25, 0.3) is 7.82 Å². The highest BCUT2D eigenvalue weighted by Gasteiger charge is 2.21. The van der Waals surface area contributed by atoms with E-state index >= 15 is 0 Å². The molecule has 0 aromatic rings. The van der Waals surface area contributed by atoms with Crippen LogP contribution in [-0.4, -0.2) is 70.0 Å². The first-order valence-corrected chi connectivity index (χ1v) is 23.1. The lowest BCUT2D eigenvalue weighted by molar-refractivity contribution is -0.870. The van der Waals surface area contributed by atoms with E-state index in [0.717, 1.165) is 51.4 Å². The summed E-state index contributed by atoms with van der Waals surface area (Å²) in [5, 5.41) is 0. The number of allylic oxidation sites excluding steroid dienone is 12. The minimum absolute atomic E-state index is 0.0442. The van der Waals surface area contributed by atoms with Gasteiger partial charge in [0.15, 0.2) is 6.10 Å².